The number of anilines is 1. The Hall–Kier alpha value is -2.26. The van der Waals surface area contributed by atoms with Crippen LogP contribution in [0.1, 0.15) is 30.7 Å². The normalized spacial score (nSPS) is 10.9. The molecule has 6 heteroatoms. The first-order valence-electron chi connectivity index (χ1n) is 7.24. The van der Waals surface area contributed by atoms with E-state index in [9.17, 15) is 0 Å². The van der Waals surface area contributed by atoms with Crippen molar-refractivity contribution < 1.29 is 0 Å². The smallest absolute Gasteiger partial charge is 0.176 e. The van der Waals surface area contributed by atoms with Crippen LogP contribution in [0.4, 0.5) is 16.4 Å². The average molecular weight is 313 g/mol. The molecular weight excluding hydrogens is 294 g/mol. The first-order valence-corrected chi connectivity index (χ1v) is 8.01. The first kappa shape index (κ1) is 16.1. The van der Waals surface area contributed by atoms with Crippen LogP contribution in [0, 0.1) is 25.2 Å². The quantitative estimate of drug-likeness (QED) is 0.738. The molecule has 0 spiro atoms. The number of nitrogens with zero attached hydrogens (tertiary/aromatic N) is 5. The molecule has 0 fully saturated rings. The Morgan fingerprint density at radius 1 is 1.23 bits per heavy atom. The summed E-state index contributed by atoms with van der Waals surface area (Å²) in [5.41, 5.74) is 4.27. The number of azo groups is 1. The molecule has 0 radical (unpaired) electrons. The molecule has 1 aromatic carbocycles. The number of aryl methyl sites for hydroxylation is 2. The van der Waals surface area contributed by atoms with E-state index < -0.39 is 0 Å². The first-order chi connectivity index (χ1) is 10.6. The molecule has 0 bridgehead atoms. The minimum Gasteiger partial charge on any atom is -0.372 e. The standard InChI is InChI=1S/C16H19N5S/c1-5-21(6-2)13-7-8-15(11(3)9-13)18-19-16-14(10-17)12(4)20-22-16/h7-9H,5-6H2,1-4H3. The third-order valence-electron chi connectivity index (χ3n) is 3.51. The lowest BCUT2D eigenvalue weighted by Crippen LogP contribution is -2.21. The molecule has 0 aliphatic heterocycles. The molecule has 5 nitrogen and oxygen atoms in total. The third kappa shape index (κ3) is 3.31. The van der Waals surface area contributed by atoms with Gasteiger partial charge in [0.2, 0.25) is 0 Å². The highest BCUT2D eigenvalue weighted by Gasteiger charge is 2.09. The van der Waals surface area contributed by atoms with Crippen molar-refractivity contribution in [2.24, 2.45) is 10.2 Å². The lowest BCUT2D eigenvalue weighted by atomic mass is 10.1. The topological polar surface area (TPSA) is 64.6 Å². The fourth-order valence-corrected chi connectivity index (χ4v) is 2.87. The van der Waals surface area contributed by atoms with Crippen LogP contribution >= 0.6 is 11.5 Å². The maximum atomic E-state index is 9.10. The predicted octanol–water partition coefficient (Wildman–Crippen LogP) is 4.89. The van der Waals surface area contributed by atoms with Crippen LogP contribution < -0.4 is 4.90 Å². The molecule has 0 aliphatic carbocycles. The number of hydrogen-bond acceptors (Lipinski definition) is 6. The highest BCUT2D eigenvalue weighted by molar-refractivity contribution is 7.10. The van der Waals surface area contributed by atoms with Gasteiger partial charge in [-0.2, -0.15) is 9.64 Å². The molecule has 0 aliphatic rings. The Balaban J connectivity index is 2.27. The van der Waals surface area contributed by atoms with Crippen molar-refractivity contribution in [1.82, 2.24) is 4.37 Å². The van der Waals surface area contributed by atoms with Crippen molar-refractivity contribution in [1.29, 1.82) is 5.26 Å². The molecule has 2 aromatic rings. The van der Waals surface area contributed by atoms with E-state index in [-0.39, 0.29) is 0 Å². The minimum atomic E-state index is 0.506. The van der Waals surface area contributed by atoms with Gasteiger partial charge in [0, 0.05) is 18.8 Å². The molecule has 0 amide bonds. The van der Waals surface area contributed by atoms with Gasteiger partial charge in [-0.3, -0.25) is 0 Å². The van der Waals surface area contributed by atoms with Gasteiger partial charge >= 0.3 is 0 Å². The molecule has 114 valence electrons. The van der Waals surface area contributed by atoms with E-state index in [1.54, 1.807) is 6.92 Å². The minimum absolute atomic E-state index is 0.506. The number of benzene rings is 1. The molecule has 0 atom stereocenters. The summed E-state index contributed by atoms with van der Waals surface area (Å²) < 4.78 is 4.14. The molecule has 0 saturated carbocycles. The van der Waals surface area contributed by atoms with E-state index in [1.165, 1.54) is 17.2 Å². The van der Waals surface area contributed by atoms with Crippen LogP contribution in [-0.4, -0.2) is 17.5 Å². The summed E-state index contributed by atoms with van der Waals surface area (Å²) in [5.74, 6) is 0. The zero-order chi connectivity index (χ0) is 16.1. The Kier molecular flexibility index (Phi) is 5.23. The van der Waals surface area contributed by atoms with E-state index in [4.69, 9.17) is 5.26 Å². The van der Waals surface area contributed by atoms with Gasteiger partial charge in [-0.1, -0.05) is 0 Å². The highest BCUT2D eigenvalue weighted by Crippen LogP contribution is 2.30. The van der Waals surface area contributed by atoms with E-state index in [0.717, 1.165) is 24.3 Å². The maximum absolute atomic E-state index is 9.10. The van der Waals surface area contributed by atoms with Crippen molar-refractivity contribution >= 4 is 27.9 Å². The monoisotopic (exact) mass is 313 g/mol. The van der Waals surface area contributed by atoms with E-state index in [1.807, 2.05) is 13.0 Å². The number of rotatable bonds is 5. The van der Waals surface area contributed by atoms with Crippen molar-refractivity contribution in [2.45, 2.75) is 27.7 Å². The number of hydrogen-bond donors (Lipinski definition) is 0. The zero-order valence-corrected chi connectivity index (χ0v) is 14.1. The van der Waals surface area contributed by atoms with Crippen LogP contribution in [-0.2, 0) is 0 Å². The lowest BCUT2D eigenvalue weighted by Gasteiger charge is -2.21. The van der Waals surface area contributed by atoms with Crippen molar-refractivity contribution in [3.8, 4) is 6.07 Å². The van der Waals surface area contributed by atoms with Gasteiger partial charge in [-0.05, 0) is 63.0 Å². The SMILES string of the molecule is CCN(CC)c1ccc(N=Nc2snc(C)c2C#N)c(C)c1. The molecule has 0 saturated heterocycles. The highest BCUT2D eigenvalue weighted by atomic mass is 32.1. The van der Waals surface area contributed by atoms with E-state index in [0.29, 0.717) is 16.3 Å². The van der Waals surface area contributed by atoms with Gasteiger partial charge in [-0.15, -0.1) is 10.2 Å². The van der Waals surface area contributed by atoms with Crippen molar-refractivity contribution in [2.75, 3.05) is 18.0 Å². The van der Waals surface area contributed by atoms with Crippen LogP contribution in [0.5, 0.6) is 0 Å². The summed E-state index contributed by atoms with van der Waals surface area (Å²) in [6.45, 7) is 10.1. The molecule has 1 aromatic heterocycles. The Labute approximate surface area is 135 Å². The summed E-state index contributed by atoms with van der Waals surface area (Å²) in [7, 11) is 0. The van der Waals surface area contributed by atoms with Gasteiger partial charge in [0.15, 0.2) is 5.00 Å². The molecule has 22 heavy (non-hydrogen) atoms. The Bertz CT molecular complexity index is 723. The Morgan fingerprint density at radius 2 is 1.95 bits per heavy atom. The maximum Gasteiger partial charge on any atom is 0.176 e. The number of nitriles is 1. The third-order valence-corrected chi connectivity index (χ3v) is 4.34. The second kappa shape index (κ2) is 7.14. The van der Waals surface area contributed by atoms with Crippen LogP contribution in [0.25, 0.3) is 0 Å². The summed E-state index contributed by atoms with van der Waals surface area (Å²) in [4.78, 5) is 2.29. The molecular formula is C16H19N5S. The fraction of sp³-hybridized carbons (Fsp3) is 0.375. The molecule has 2 rings (SSSR count). The lowest BCUT2D eigenvalue weighted by molar-refractivity contribution is 0.865. The molecule has 1 heterocycles. The fourth-order valence-electron chi connectivity index (χ4n) is 2.19. The van der Waals surface area contributed by atoms with Crippen LogP contribution in [0.15, 0.2) is 28.4 Å². The largest absolute Gasteiger partial charge is 0.372 e. The summed E-state index contributed by atoms with van der Waals surface area (Å²) >= 11 is 1.20. The summed E-state index contributed by atoms with van der Waals surface area (Å²) in [6, 6.07) is 8.25. The predicted molar refractivity (Wildman–Crippen MR) is 90.5 cm³/mol. The van der Waals surface area contributed by atoms with Gasteiger partial charge in [0.1, 0.15) is 11.6 Å². The van der Waals surface area contributed by atoms with E-state index >= 15 is 0 Å². The van der Waals surface area contributed by atoms with E-state index in [2.05, 4.69) is 51.6 Å². The molecule has 0 N–H and O–H groups in total. The average Bonchev–Trinajstić information content (AvgIpc) is 2.87. The van der Waals surface area contributed by atoms with Gasteiger partial charge < -0.3 is 4.90 Å². The zero-order valence-electron chi connectivity index (χ0n) is 13.3. The second-order valence-corrected chi connectivity index (χ2v) is 5.65. The van der Waals surface area contributed by atoms with Gasteiger partial charge in [0.25, 0.3) is 0 Å². The van der Waals surface area contributed by atoms with Crippen LogP contribution in [0.3, 0.4) is 0 Å². The van der Waals surface area contributed by atoms with Crippen LogP contribution in [0.2, 0.25) is 0 Å². The van der Waals surface area contributed by atoms with Crippen molar-refractivity contribution in [3.63, 3.8) is 0 Å². The van der Waals surface area contributed by atoms with Crippen molar-refractivity contribution in [3.05, 3.63) is 35.0 Å². The Morgan fingerprint density at radius 3 is 2.55 bits per heavy atom. The van der Waals surface area contributed by atoms with Gasteiger partial charge in [0.05, 0.1) is 11.4 Å². The summed E-state index contributed by atoms with van der Waals surface area (Å²) in [5, 5.41) is 18.1. The molecule has 0 unspecified atom stereocenters. The number of aromatic nitrogens is 1. The van der Waals surface area contributed by atoms with Gasteiger partial charge in [-0.25, -0.2) is 0 Å². The second-order valence-electron chi connectivity index (χ2n) is 4.90. The summed E-state index contributed by atoms with van der Waals surface area (Å²) in [6.07, 6.45) is 0.